The first-order valence-corrected chi connectivity index (χ1v) is 7.67. The summed E-state index contributed by atoms with van der Waals surface area (Å²) in [6.45, 7) is 8.65. The lowest BCUT2D eigenvalue weighted by atomic mass is 10.4. The first-order valence-electron chi connectivity index (χ1n) is 5.74. The number of aliphatic hydroxyl groups excluding tert-OH is 1. The zero-order valence-electron chi connectivity index (χ0n) is 10.3. The van der Waals surface area contributed by atoms with Crippen molar-refractivity contribution in [2.24, 2.45) is 0 Å². The van der Waals surface area contributed by atoms with Gasteiger partial charge in [0.15, 0.2) is 0 Å². The second-order valence-electron chi connectivity index (χ2n) is 3.37. The summed E-state index contributed by atoms with van der Waals surface area (Å²) in [5.41, 5.74) is 0. The standard InChI is InChI=1S/C10H24O4Si/c1-5-8-9-15(12-6-2,13-7-3)14-10(4)11/h10-11H,5-9H2,1-4H3. The minimum absolute atomic E-state index is 0.558. The lowest BCUT2D eigenvalue weighted by molar-refractivity contribution is -0.0646. The fourth-order valence-electron chi connectivity index (χ4n) is 1.41. The summed E-state index contributed by atoms with van der Waals surface area (Å²) in [6.07, 6.45) is 1.24. The number of aliphatic hydroxyl groups is 1. The minimum atomic E-state index is -2.63. The van der Waals surface area contributed by atoms with Gasteiger partial charge in [-0.15, -0.1) is 0 Å². The average Bonchev–Trinajstić information content (AvgIpc) is 2.14. The Kier molecular flexibility index (Phi) is 8.27. The Morgan fingerprint density at radius 1 is 1.13 bits per heavy atom. The van der Waals surface area contributed by atoms with Gasteiger partial charge < -0.3 is 18.4 Å². The largest absolute Gasteiger partial charge is 0.502 e. The van der Waals surface area contributed by atoms with Crippen LogP contribution in [0, 0.1) is 0 Å². The van der Waals surface area contributed by atoms with Crippen LogP contribution >= 0.6 is 0 Å². The molecule has 15 heavy (non-hydrogen) atoms. The van der Waals surface area contributed by atoms with Gasteiger partial charge in [0.2, 0.25) is 0 Å². The quantitative estimate of drug-likeness (QED) is 0.492. The van der Waals surface area contributed by atoms with E-state index in [9.17, 15) is 5.11 Å². The van der Waals surface area contributed by atoms with Gasteiger partial charge in [0.25, 0.3) is 0 Å². The van der Waals surface area contributed by atoms with E-state index in [1.807, 2.05) is 13.8 Å². The maximum absolute atomic E-state index is 9.29. The molecule has 0 aliphatic rings. The van der Waals surface area contributed by atoms with E-state index in [0.717, 1.165) is 18.9 Å². The smallest absolute Gasteiger partial charge is 0.374 e. The molecule has 0 aliphatic carbocycles. The molecule has 0 spiro atoms. The predicted octanol–water partition coefficient (Wildman–Crippen LogP) is 2.15. The molecule has 5 heteroatoms. The molecule has 0 amide bonds. The lowest BCUT2D eigenvalue weighted by Gasteiger charge is -2.30. The van der Waals surface area contributed by atoms with Crippen molar-refractivity contribution in [1.29, 1.82) is 0 Å². The summed E-state index contributed by atoms with van der Waals surface area (Å²) in [5.74, 6) is 0. The lowest BCUT2D eigenvalue weighted by Crippen LogP contribution is -2.48. The van der Waals surface area contributed by atoms with E-state index >= 15 is 0 Å². The van der Waals surface area contributed by atoms with E-state index in [0.29, 0.717) is 13.2 Å². The molecule has 92 valence electrons. The van der Waals surface area contributed by atoms with Crippen molar-refractivity contribution >= 4 is 8.80 Å². The highest BCUT2D eigenvalue weighted by Crippen LogP contribution is 2.20. The topological polar surface area (TPSA) is 47.9 Å². The molecule has 0 fully saturated rings. The number of unbranched alkanes of at least 4 members (excludes halogenated alkanes) is 1. The van der Waals surface area contributed by atoms with E-state index in [4.69, 9.17) is 13.3 Å². The van der Waals surface area contributed by atoms with Crippen molar-refractivity contribution in [2.45, 2.75) is 52.9 Å². The van der Waals surface area contributed by atoms with Crippen molar-refractivity contribution in [3.8, 4) is 0 Å². The molecule has 1 unspecified atom stereocenters. The molecule has 0 saturated heterocycles. The summed E-state index contributed by atoms with van der Waals surface area (Å²) in [7, 11) is -2.63. The molecule has 0 heterocycles. The first-order chi connectivity index (χ1) is 7.10. The minimum Gasteiger partial charge on any atom is -0.374 e. The Hall–Kier alpha value is 0.0569. The molecule has 0 aromatic carbocycles. The molecule has 0 aromatic heterocycles. The molecule has 0 radical (unpaired) electrons. The van der Waals surface area contributed by atoms with Crippen molar-refractivity contribution in [1.82, 2.24) is 0 Å². The highest BCUT2D eigenvalue weighted by atomic mass is 28.4. The van der Waals surface area contributed by atoms with Crippen LogP contribution in [0.3, 0.4) is 0 Å². The fourth-order valence-corrected chi connectivity index (χ4v) is 4.22. The number of hydrogen-bond acceptors (Lipinski definition) is 4. The molecule has 4 nitrogen and oxygen atoms in total. The second-order valence-corrected chi connectivity index (χ2v) is 6.05. The number of hydrogen-bond donors (Lipinski definition) is 1. The molecular formula is C10H24O4Si. The highest BCUT2D eigenvalue weighted by molar-refractivity contribution is 6.60. The molecule has 0 aliphatic heterocycles. The van der Waals surface area contributed by atoms with Gasteiger partial charge in [-0.1, -0.05) is 13.3 Å². The van der Waals surface area contributed by atoms with Crippen LogP contribution in [0.5, 0.6) is 0 Å². The van der Waals surface area contributed by atoms with Crippen LogP contribution in [0.1, 0.15) is 40.5 Å². The molecular weight excluding hydrogens is 212 g/mol. The average molecular weight is 236 g/mol. The van der Waals surface area contributed by atoms with E-state index in [-0.39, 0.29) is 0 Å². The summed E-state index contributed by atoms with van der Waals surface area (Å²) < 4.78 is 16.7. The third kappa shape index (κ3) is 6.27. The van der Waals surface area contributed by atoms with Crippen molar-refractivity contribution in [3.63, 3.8) is 0 Å². The Morgan fingerprint density at radius 3 is 2.00 bits per heavy atom. The van der Waals surface area contributed by atoms with E-state index in [1.165, 1.54) is 0 Å². The zero-order valence-corrected chi connectivity index (χ0v) is 11.3. The molecule has 0 rings (SSSR count). The Bertz CT molecular complexity index is 146. The van der Waals surface area contributed by atoms with Gasteiger partial charge in [-0.3, -0.25) is 0 Å². The molecule has 0 saturated carbocycles. The number of rotatable bonds is 9. The van der Waals surface area contributed by atoms with Gasteiger partial charge in [0, 0.05) is 19.3 Å². The highest BCUT2D eigenvalue weighted by Gasteiger charge is 2.41. The fraction of sp³-hybridized carbons (Fsp3) is 1.00. The normalized spacial score (nSPS) is 14.2. The Morgan fingerprint density at radius 2 is 1.67 bits per heavy atom. The monoisotopic (exact) mass is 236 g/mol. The predicted molar refractivity (Wildman–Crippen MR) is 61.5 cm³/mol. The molecule has 0 aromatic rings. The van der Waals surface area contributed by atoms with Crippen LogP contribution in [-0.2, 0) is 13.3 Å². The van der Waals surface area contributed by atoms with Gasteiger partial charge in [-0.05, 0) is 27.2 Å². The SMILES string of the molecule is CCCC[Si](OCC)(OCC)OC(C)O. The first kappa shape index (κ1) is 15.1. The zero-order chi connectivity index (χ0) is 11.7. The molecule has 1 atom stereocenters. The Balaban J connectivity index is 4.40. The van der Waals surface area contributed by atoms with Crippen LogP contribution in [-0.4, -0.2) is 33.4 Å². The molecule has 0 bridgehead atoms. The summed E-state index contributed by atoms with van der Waals surface area (Å²) in [4.78, 5) is 0. The van der Waals surface area contributed by atoms with Crippen LogP contribution in [0.2, 0.25) is 6.04 Å². The third-order valence-electron chi connectivity index (χ3n) is 1.92. The van der Waals surface area contributed by atoms with Gasteiger partial charge in [-0.25, -0.2) is 0 Å². The van der Waals surface area contributed by atoms with Crippen LogP contribution in [0.4, 0.5) is 0 Å². The third-order valence-corrected chi connectivity index (χ3v) is 5.04. The summed E-state index contributed by atoms with van der Waals surface area (Å²) in [6, 6.07) is 0.774. The van der Waals surface area contributed by atoms with Crippen molar-refractivity contribution < 1.29 is 18.4 Å². The van der Waals surface area contributed by atoms with Gasteiger partial charge in [0.05, 0.1) is 0 Å². The van der Waals surface area contributed by atoms with Crippen molar-refractivity contribution in [2.75, 3.05) is 13.2 Å². The van der Waals surface area contributed by atoms with Gasteiger partial charge in [0.1, 0.15) is 6.29 Å². The van der Waals surface area contributed by atoms with E-state index < -0.39 is 15.1 Å². The van der Waals surface area contributed by atoms with E-state index in [2.05, 4.69) is 6.92 Å². The summed E-state index contributed by atoms with van der Waals surface area (Å²) in [5, 5.41) is 9.29. The summed E-state index contributed by atoms with van der Waals surface area (Å²) >= 11 is 0. The van der Waals surface area contributed by atoms with Crippen LogP contribution in [0.15, 0.2) is 0 Å². The second kappa shape index (κ2) is 8.24. The van der Waals surface area contributed by atoms with Gasteiger partial charge in [-0.2, -0.15) is 0 Å². The molecule has 1 N–H and O–H groups in total. The van der Waals surface area contributed by atoms with E-state index in [1.54, 1.807) is 6.92 Å². The Labute approximate surface area is 93.9 Å². The van der Waals surface area contributed by atoms with Gasteiger partial charge >= 0.3 is 8.80 Å². The maximum Gasteiger partial charge on any atom is 0.502 e. The van der Waals surface area contributed by atoms with Crippen molar-refractivity contribution in [3.05, 3.63) is 0 Å². The van der Waals surface area contributed by atoms with Crippen LogP contribution in [0.25, 0.3) is 0 Å². The van der Waals surface area contributed by atoms with Crippen LogP contribution < -0.4 is 0 Å². The maximum atomic E-state index is 9.29.